The van der Waals surface area contributed by atoms with Gasteiger partial charge in [-0.05, 0) is 25.1 Å². The maximum Gasteiger partial charge on any atom is 0.263 e. The zero-order valence-corrected chi connectivity index (χ0v) is 7.95. The van der Waals surface area contributed by atoms with E-state index in [-0.39, 0.29) is 0 Å². The summed E-state index contributed by atoms with van der Waals surface area (Å²) in [6, 6.07) is 7.85. The number of benzene rings is 1. The lowest BCUT2D eigenvalue weighted by Crippen LogP contribution is -2.51. The minimum atomic E-state index is -0.429. The number of hydrogen-bond acceptors (Lipinski definition) is 3. The number of nitrogens with one attached hydrogen (secondary N) is 1. The number of rotatable bonds is 0. The van der Waals surface area contributed by atoms with Crippen molar-refractivity contribution in [1.29, 1.82) is 0 Å². The van der Waals surface area contributed by atoms with E-state index in [4.69, 9.17) is 9.47 Å². The average molecular weight is 191 g/mol. The molecule has 0 unspecified atom stereocenters. The van der Waals surface area contributed by atoms with E-state index >= 15 is 0 Å². The summed E-state index contributed by atoms with van der Waals surface area (Å²) in [7, 11) is 0. The third kappa shape index (κ3) is 1.16. The summed E-state index contributed by atoms with van der Waals surface area (Å²) in [5.41, 5.74) is 0. The van der Waals surface area contributed by atoms with Crippen molar-refractivity contribution in [3.8, 4) is 11.5 Å². The lowest BCUT2D eigenvalue weighted by molar-refractivity contribution is -0.0936. The summed E-state index contributed by atoms with van der Waals surface area (Å²) in [5, 5.41) is 3.30. The first kappa shape index (κ1) is 8.12. The van der Waals surface area contributed by atoms with Gasteiger partial charge in [-0.25, -0.2) is 0 Å². The molecule has 14 heavy (non-hydrogen) atoms. The van der Waals surface area contributed by atoms with Crippen LogP contribution in [0.1, 0.15) is 12.8 Å². The second-order valence-corrected chi connectivity index (χ2v) is 3.84. The van der Waals surface area contributed by atoms with Crippen molar-refractivity contribution in [3.05, 3.63) is 24.3 Å². The molecule has 3 heteroatoms. The zero-order valence-electron chi connectivity index (χ0n) is 7.95. The van der Waals surface area contributed by atoms with Gasteiger partial charge < -0.3 is 14.8 Å². The average Bonchev–Trinajstić information content (AvgIpc) is 2.56. The summed E-state index contributed by atoms with van der Waals surface area (Å²) in [6.07, 6.45) is 2.07. The van der Waals surface area contributed by atoms with Crippen molar-refractivity contribution in [3.63, 3.8) is 0 Å². The summed E-state index contributed by atoms with van der Waals surface area (Å²) in [4.78, 5) is 0. The molecule has 3 nitrogen and oxygen atoms in total. The highest BCUT2D eigenvalue weighted by molar-refractivity contribution is 5.43. The molecule has 0 amide bonds. The van der Waals surface area contributed by atoms with Crippen LogP contribution in [0.25, 0.3) is 0 Å². The summed E-state index contributed by atoms with van der Waals surface area (Å²) < 4.78 is 11.7. The third-order valence-electron chi connectivity index (χ3n) is 2.75. The SMILES string of the molecule is c1ccc2c(c1)OC1(CCCNC1)O2. The molecule has 0 radical (unpaired) electrons. The largest absolute Gasteiger partial charge is 0.447 e. The molecule has 1 spiro atoms. The predicted molar refractivity (Wildman–Crippen MR) is 52.5 cm³/mol. The standard InChI is InChI=1S/C11H13NO2/c1-2-5-10-9(4-1)13-11(14-10)6-3-7-12-8-11/h1-2,4-5,12H,3,6-8H2. The highest BCUT2D eigenvalue weighted by atomic mass is 16.7. The topological polar surface area (TPSA) is 30.5 Å². The summed E-state index contributed by atoms with van der Waals surface area (Å²) in [6.45, 7) is 1.84. The molecule has 0 saturated carbocycles. The Morgan fingerprint density at radius 1 is 1.14 bits per heavy atom. The van der Waals surface area contributed by atoms with Crippen molar-refractivity contribution in [1.82, 2.24) is 5.32 Å². The van der Waals surface area contributed by atoms with Crippen LogP contribution < -0.4 is 14.8 Å². The number of piperidine rings is 1. The monoisotopic (exact) mass is 191 g/mol. The number of fused-ring (bicyclic) bond motifs is 1. The Kier molecular flexibility index (Phi) is 1.67. The highest BCUT2D eigenvalue weighted by Crippen LogP contribution is 2.41. The van der Waals surface area contributed by atoms with Crippen LogP contribution >= 0.6 is 0 Å². The third-order valence-corrected chi connectivity index (χ3v) is 2.75. The van der Waals surface area contributed by atoms with Gasteiger partial charge in [-0.2, -0.15) is 0 Å². The predicted octanol–water partition coefficient (Wildman–Crippen LogP) is 1.54. The van der Waals surface area contributed by atoms with Crippen molar-refractivity contribution in [2.75, 3.05) is 13.1 Å². The van der Waals surface area contributed by atoms with Crippen LogP contribution in [-0.4, -0.2) is 18.9 Å². The number of hydrogen-bond donors (Lipinski definition) is 1. The zero-order chi connectivity index (χ0) is 9.43. The van der Waals surface area contributed by atoms with E-state index in [1.54, 1.807) is 0 Å². The van der Waals surface area contributed by atoms with E-state index in [1.807, 2.05) is 24.3 Å². The van der Waals surface area contributed by atoms with Crippen LogP contribution in [0, 0.1) is 0 Å². The molecule has 0 aromatic heterocycles. The van der Waals surface area contributed by atoms with E-state index in [0.29, 0.717) is 0 Å². The quantitative estimate of drug-likeness (QED) is 0.674. The first-order valence-electron chi connectivity index (χ1n) is 5.06. The van der Waals surface area contributed by atoms with Gasteiger partial charge >= 0.3 is 0 Å². The van der Waals surface area contributed by atoms with Gasteiger partial charge in [0.2, 0.25) is 0 Å². The molecule has 2 aliphatic rings. The molecule has 1 aromatic rings. The van der Waals surface area contributed by atoms with Gasteiger partial charge in [0.05, 0.1) is 6.54 Å². The first-order valence-corrected chi connectivity index (χ1v) is 5.06. The van der Waals surface area contributed by atoms with Crippen LogP contribution in [0.15, 0.2) is 24.3 Å². The smallest absolute Gasteiger partial charge is 0.263 e. The molecule has 0 atom stereocenters. The van der Waals surface area contributed by atoms with Gasteiger partial charge in [0.1, 0.15) is 0 Å². The molecule has 1 saturated heterocycles. The number of ether oxygens (including phenoxy) is 2. The molecule has 3 rings (SSSR count). The van der Waals surface area contributed by atoms with Gasteiger partial charge in [-0.3, -0.25) is 0 Å². The summed E-state index contributed by atoms with van der Waals surface area (Å²) >= 11 is 0. The van der Waals surface area contributed by atoms with Gasteiger partial charge in [0.25, 0.3) is 5.79 Å². The van der Waals surface area contributed by atoms with Crippen LogP contribution in [-0.2, 0) is 0 Å². The van der Waals surface area contributed by atoms with Crippen LogP contribution in [0.3, 0.4) is 0 Å². The van der Waals surface area contributed by atoms with Crippen LogP contribution in [0.2, 0.25) is 0 Å². The molecule has 2 aliphatic heterocycles. The molecule has 2 heterocycles. The Morgan fingerprint density at radius 3 is 2.43 bits per heavy atom. The van der Waals surface area contributed by atoms with Gasteiger partial charge in [-0.15, -0.1) is 0 Å². The minimum absolute atomic E-state index is 0.429. The summed E-state index contributed by atoms with van der Waals surface area (Å²) in [5.74, 6) is 1.31. The second kappa shape index (κ2) is 2.89. The van der Waals surface area contributed by atoms with Crippen molar-refractivity contribution >= 4 is 0 Å². The molecule has 1 N–H and O–H groups in total. The fourth-order valence-corrected chi connectivity index (χ4v) is 2.06. The van der Waals surface area contributed by atoms with E-state index in [9.17, 15) is 0 Å². The molecule has 1 fully saturated rings. The molecule has 74 valence electrons. The van der Waals surface area contributed by atoms with Gasteiger partial charge in [0, 0.05) is 6.42 Å². The fourth-order valence-electron chi connectivity index (χ4n) is 2.06. The van der Waals surface area contributed by atoms with E-state index in [0.717, 1.165) is 37.4 Å². The number of para-hydroxylation sites is 2. The maximum absolute atomic E-state index is 5.85. The Balaban J connectivity index is 1.89. The normalized spacial score (nSPS) is 22.6. The molecular formula is C11H13NO2. The highest BCUT2D eigenvalue weighted by Gasteiger charge is 2.42. The molecule has 1 aromatic carbocycles. The van der Waals surface area contributed by atoms with Crippen LogP contribution in [0.4, 0.5) is 0 Å². The van der Waals surface area contributed by atoms with Crippen molar-refractivity contribution < 1.29 is 9.47 Å². The molecular weight excluding hydrogens is 178 g/mol. The minimum Gasteiger partial charge on any atom is -0.447 e. The molecule has 0 bridgehead atoms. The first-order chi connectivity index (χ1) is 6.88. The molecule has 0 aliphatic carbocycles. The Labute approximate surface area is 83.0 Å². The lowest BCUT2D eigenvalue weighted by atomic mass is 10.1. The Bertz CT molecular complexity index is 318. The lowest BCUT2D eigenvalue weighted by Gasteiger charge is -2.31. The van der Waals surface area contributed by atoms with Crippen molar-refractivity contribution in [2.24, 2.45) is 0 Å². The second-order valence-electron chi connectivity index (χ2n) is 3.84. The van der Waals surface area contributed by atoms with Gasteiger partial charge in [0.15, 0.2) is 11.5 Å². The van der Waals surface area contributed by atoms with E-state index in [1.165, 1.54) is 0 Å². The van der Waals surface area contributed by atoms with Crippen LogP contribution in [0.5, 0.6) is 11.5 Å². The van der Waals surface area contributed by atoms with E-state index < -0.39 is 5.79 Å². The maximum atomic E-state index is 5.85. The van der Waals surface area contributed by atoms with Crippen molar-refractivity contribution in [2.45, 2.75) is 18.6 Å². The van der Waals surface area contributed by atoms with E-state index in [2.05, 4.69) is 5.32 Å². The van der Waals surface area contributed by atoms with Gasteiger partial charge in [-0.1, -0.05) is 12.1 Å². The fraction of sp³-hybridized carbons (Fsp3) is 0.455. The Morgan fingerprint density at radius 2 is 1.86 bits per heavy atom. The Hall–Kier alpha value is -1.22.